The number of hydrogen-bond donors (Lipinski definition) is 0. The van der Waals surface area contributed by atoms with E-state index in [1.54, 1.807) is 9.75 Å². The summed E-state index contributed by atoms with van der Waals surface area (Å²) in [7, 11) is 0. The van der Waals surface area contributed by atoms with Crippen molar-refractivity contribution in [3.8, 4) is 0 Å². The minimum atomic E-state index is 0.776. The molecule has 3 aromatic rings. The lowest BCUT2D eigenvalue weighted by molar-refractivity contribution is 0.498. The van der Waals surface area contributed by atoms with Gasteiger partial charge >= 0.3 is 0 Å². The summed E-state index contributed by atoms with van der Waals surface area (Å²) in [5.74, 6) is 0.776. The van der Waals surface area contributed by atoms with Crippen LogP contribution in [0.5, 0.6) is 0 Å². The van der Waals surface area contributed by atoms with Gasteiger partial charge in [0.15, 0.2) is 0 Å². The van der Waals surface area contributed by atoms with Gasteiger partial charge in [0.05, 0.1) is 0 Å². The normalized spacial score (nSPS) is 12.8. The monoisotopic (exact) mass is 470 g/mol. The second-order valence-electron chi connectivity index (χ2n) is 9.85. The lowest BCUT2D eigenvalue weighted by Gasteiger charge is -2.15. The fraction of sp³-hybridized carbons (Fsp3) is 0.667. The average Bonchev–Trinajstić information content (AvgIpc) is 3.38. The Labute approximate surface area is 205 Å². The summed E-state index contributed by atoms with van der Waals surface area (Å²) in [5, 5.41) is 2.96. The zero-order valence-electron chi connectivity index (χ0n) is 21.0. The fourth-order valence-electron chi connectivity index (χ4n) is 4.94. The smallest absolute Gasteiger partial charge is 0.0352 e. The lowest BCUT2D eigenvalue weighted by Crippen LogP contribution is -1.97. The van der Waals surface area contributed by atoms with Crippen molar-refractivity contribution in [1.29, 1.82) is 0 Å². The van der Waals surface area contributed by atoms with Crippen LogP contribution in [-0.2, 0) is 6.42 Å². The van der Waals surface area contributed by atoms with Crippen LogP contribution in [-0.4, -0.2) is 0 Å². The highest BCUT2D eigenvalue weighted by atomic mass is 32.1. The lowest BCUT2D eigenvalue weighted by atomic mass is 9.93. The quantitative estimate of drug-likeness (QED) is 0.172. The standard InChI is InChI=1S/C30H46S2/c1-4-7-10-13-15-18-24(17-14-11-8-5-2)28-22-26-23-29-25(21-30(26)32-28)20-27(31-29)19-16-12-9-6-3/h20-24H,4-19H2,1-3H3. The van der Waals surface area contributed by atoms with Gasteiger partial charge in [-0.25, -0.2) is 0 Å². The molecule has 2 aromatic heterocycles. The second kappa shape index (κ2) is 14.4. The van der Waals surface area contributed by atoms with Crippen LogP contribution in [0.25, 0.3) is 20.2 Å². The third-order valence-electron chi connectivity index (χ3n) is 6.97. The van der Waals surface area contributed by atoms with Crippen molar-refractivity contribution >= 4 is 42.8 Å². The molecule has 1 aromatic carbocycles. The fourth-order valence-corrected chi connectivity index (χ4v) is 7.34. The number of thiophene rings is 2. The molecule has 0 bridgehead atoms. The largest absolute Gasteiger partial charge is 0.140 e. The van der Waals surface area contributed by atoms with Gasteiger partial charge in [-0.05, 0) is 66.6 Å². The number of hydrogen-bond acceptors (Lipinski definition) is 2. The molecule has 0 aliphatic rings. The molecule has 0 nitrogen and oxygen atoms in total. The molecule has 178 valence electrons. The molecule has 0 aliphatic carbocycles. The number of rotatable bonds is 17. The van der Waals surface area contributed by atoms with Crippen molar-refractivity contribution in [3.05, 3.63) is 34.0 Å². The molecule has 2 heterocycles. The third-order valence-corrected chi connectivity index (χ3v) is 9.38. The molecular weight excluding hydrogens is 424 g/mol. The maximum atomic E-state index is 2.55. The van der Waals surface area contributed by atoms with Crippen molar-refractivity contribution < 1.29 is 0 Å². The maximum absolute atomic E-state index is 2.55. The minimum Gasteiger partial charge on any atom is -0.140 e. The predicted octanol–water partition coefficient (Wildman–Crippen LogP) is 11.7. The molecule has 1 atom stereocenters. The van der Waals surface area contributed by atoms with Gasteiger partial charge in [-0.2, -0.15) is 0 Å². The molecule has 0 fully saturated rings. The molecule has 0 saturated heterocycles. The van der Waals surface area contributed by atoms with Crippen LogP contribution in [0.2, 0.25) is 0 Å². The Kier molecular flexibility index (Phi) is 11.6. The second-order valence-corrected chi connectivity index (χ2v) is 12.1. The van der Waals surface area contributed by atoms with E-state index in [0.29, 0.717) is 0 Å². The summed E-state index contributed by atoms with van der Waals surface area (Å²) >= 11 is 4.12. The molecule has 0 saturated carbocycles. The van der Waals surface area contributed by atoms with Gasteiger partial charge in [-0.3, -0.25) is 0 Å². The number of aryl methyl sites for hydroxylation is 1. The highest BCUT2D eigenvalue weighted by Crippen LogP contribution is 2.40. The predicted molar refractivity (Wildman–Crippen MR) is 150 cm³/mol. The third kappa shape index (κ3) is 7.87. The van der Waals surface area contributed by atoms with E-state index in [9.17, 15) is 0 Å². The van der Waals surface area contributed by atoms with Crippen molar-refractivity contribution in [2.24, 2.45) is 0 Å². The Hall–Kier alpha value is -0.860. The molecule has 0 aliphatic heterocycles. The van der Waals surface area contributed by atoms with Gasteiger partial charge in [0.1, 0.15) is 0 Å². The van der Waals surface area contributed by atoms with Crippen LogP contribution in [0.3, 0.4) is 0 Å². The summed E-state index contributed by atoms with van der Waals surface area (Å²) in [5.41, 5.74) is 0. The summed E-state index contributed by atoms with van der Waals surface area (Å²) in [6.45, 7) is 6.93. The average molecular weight is 471 g/mol. The first kappa shape index (κ1) is 25.8. The molecule has 0 N–H and O–H groups in total. The zero-order chi connectivity index (χ0) is 22.6. The number of benzene rings is 1. The molecule has 3 rings (SSSR count). The van der Waals surface area contributed by atoms with E-state index in [0.717, 1.165) is 5.92 Å². The Morgan fingerprint density at radius 1 is 0.562 bits per heavy atom. The van der Waals surface area contributed by atoms with E-state index in [1.807, 2.05) is 11.3 Å². The van der Waals surface area contributed by atoms with E-state index < -0.39 is 0 Å². The summed E-state index contributed by atoms with van der Waals surface area (Å²) in [6.07, 6.45) is 22.0. The van der Waals surface area contributed by atoms with E-state index >= 15 is 0 Å². The molecular formula is C30H46S2. The first-order chi connectivity index (χ1) is 15.7. The summed E-state index contributed by atoms with van der Waals surface area (Å²) < 4.78 is 3.00. The Morgan fingerprint density at radius 3 is 1.75 bits per heavy atom. The van der Waals surface area contributed by atoms with Crippen molar-refractivity contribution in [3.63, 3.8) is 0 Å². The maximum Gasteiger partial charge on any atom is 0.0352 e. The Morgan fingerprint density at radius 2 is 1.09 bits per heavy atom. The van der Waals surface area contributed by atoms with Gasteiger partial charge < -0.3 is 0 Å². The number of unbranched alkanes of at least 4 members (excludes halogenated alkanes) is 10. The topological polar surface area (TPSA) is 0 Å². The summed E-state index contributed by atoms with van der Waals surface area (Å²) in [6, 6.07) is 10.00. The zero-order valence-corrected chi connectivity index (χ0v) is 22.6. The van der Waals surface area contributed by atoms with Gasteiger partial charge in [0.25, 0.3) is 0 Å². The van der Waals surface area contributed by atoms with Gasteiger partial charge in [-0.1, -0.05) is 97.8 Å². The molecule has 1 unspecified atom stereocenters. The molecule has 32 heavy (non-hydrogen) atoms. The van der Waals surface area contributed by atoms with Crippen LogP contribution >= 0.6 is 22.7 Å². The van der Waals surface area contributed by atoms with Crippen molar-refractivity contribution in [2.45, 2.75) is 129 Å². The van der Waals surface area contributed by atoms with Crippen LogP contribution in [0.15, 0.2) is 24.3 Å². The van der Waals surface area contributed by atoms with Crippen LogP contribution in [0.1, 0.15) is 133 Å². The van der Waals surface area contributed by atoms with E-state index in [-0.39, 0.29) is 0 Å². The van der Waals surface area contributed by atoms with Crippen LogP contribution < -0.4 is 0 Å². The van der Waals surface area contributed by atoms with Crippen LogP contribution in [0.4, 0.5) is 0 Å². The minimum absolute atomic E-state index is 0.776. The van der Waals surface area contributed by atoms with Gasteiger partial charge in [0, 0.05) is 19.2 Å². The Balaban J connectivity index is 1.68. The SMILES string of the molecule is CCCCCCCC(CCCCCC)c1cc2cc3sc(CCCCCC)cc3cc2s1. The van der Waals surface area contributed by atoms with Crippen LogP contribution in [0, 0.1) is 0 Å². The van der Waals surface area contributed by atoms with E-state index in [1.165, 1.54) is 123 Å². The molecule has 0 amide bonds. The highest BCUT2D eigenvalue weighted by molar-refractivity contribution is 7.20. The molecule has 0 spiro atoms. The first-order valence-corrected chi connectivity index (χ1v) is 15.3. The Bertz CT molecular complexity index is 849. The van der Waals surface area contributed by atoms with E-state index in [2.05, 4.69) is 56.4 Å². The molecule has 0 radical (unpaired) electrons. The van der Waals surface area contributed by atoms with Gasteiger partial charge in [0.2, 0.25) is 0 Å². The first-order valence-electron chi connectivity index (χ1n) is 13.7. The highest BCUT2D eigenvalue weighted by Gasteiger charge is 2.15. The van der Waals surface area contributed by atoms with E-state index in [4.69, 9.17) is 0 Å². The van der Waals surface area contributed by atoms with Crippen molar-refractivity contribution in [2.75, 3.05) is 0 Å². The summed E-state index contributed by atoms with van der Waals surface area (Å²) in [4.78, 5) is 3.24. The molecule has 2 heteroatoms. The van der Waals surface area contributed by atoms with Crippen molar-refractivity contribution in [1.82, 2.24) is 0 Å². The number of fused-ring (bicyclic) bond motifs is 2. The van der Waals surface area contributed by atoms with Gasteiger partial charge in [-0.15, -0.1) is 22.7 Å².